The monoisotopic (exact) mass is 401 g/mol. The topological polar surface area (TPSA) is 21.7 Å². The molecule has 2 aliphatic heterocycles. The van der Waals surface area contributed by atoms with Crippen LogP contribution in [0.4, 0.5) is 0 Å². The molecule has 2 aliphatic rings. The summed E-state index contributed by atoms with van der Waals surface area (Å²) in [4.78, 5) is 2.67. The average molecular weight is 402 g/mol. The Labute approximate surface area is 158 Å². The van der Waals surface area contributed by atoms with Gasteiger partial charge in [-0.1, -0.05) is 61.0 Å². The summed E-state index contributed by atoms with van der Waals surface area (Å²) in [7, 11) is 0. The highest BCUT2D eigenvalue weighted by molar-refractivity contribution is 9.09. The molecule has 0 spiro atoms. The average Bonchev–Trinajstić information content (AvgIpc) is 3.03. The Morgan fingerprint density at radius 2 is 1.76 bits per heavy atom. The zero-order chi connectivity index (χ0) is 17.6. The van der Waals surface area contributed by atoms with E-state index in [-0.39, 0.29) is 10.4 Å². The number of hydrogen-bond acceptors (Lipinski definition) is 3. The van der Waals surface area contributed by atoms with E-state index in [1.54, 1.807) is 0 Å². The highest BCUT2D eigenvalue weighted by atomic mass is 79.9. The summed E-state index contributed by atoms with van der Waals surface area (Å²) in [6, 6.07) is 13.3. The summed E-state index contributed by atoms with van der Waals surface area (Å²) < 4.78 is 11.1. The quantitative estimate of drug-likeness (QED) is 0.511. The number of ether oxygens (including phenoxy) is 2. The van der Waals surface area contributed by atoms with Crippen LogP contribution in [0.15, 0.2) is 36.4 Å². The van der Waals surface area contributed by atoms with E-state index in [0.29, 0.717) is 6.79 Å². The van der Waals surface area contributed by atoms with Crippen molar-refractivity contribution < 1.29 is 9.47 Å². The minimum absolute atomic E-state index is 0.197. The number of benzene rings is 2. The van der Waals surface area contributed by atoms with E-state index in [1.165, 1.54) is 22.3 Å². The summed E-state index contributed by atoms with van der Waals surface area (Å²) in [5.74, 6) is 1.74. The van der Waals surface area contributed by atoms with Crippen molar-refractivity contribution in [2.45, 2.75) is 44.1 Å². The van der Waals surface area contributed by atoms with Crippen molar-refractivity contribution in [3.05, 3.63) is 58.7 Å². The molecule has 0 radical (unpaired) electrons. The third-order valence-corrected chi connectivity index (χ3v) is 6.16. The molecule has 4 rings (SSSR count). The fraction of sp³-hybridized carbons (Fsp3) is 0.429. The fourth-order valence-electron chi connectivity index (χ4n) is 3.52. The largest absolute Gasteiger partial charge is 0.454 e. The van der Waals surface area contributed by atoms with Gasteiger partial charge >= 0.3 is 0 Å². The lowest BCUT2D eigenvalue weighted by Gasteiger charge is -2.34. The van der Waals surface area contributed by atoms with E-state index < -0.39 is 0 Å². The maximum absolute atomic E-state index is 5.55. The molecule has 2 heterocycles. The Morgan fingerprint density at radius 1 is 1.08 bits per heavy atom. The minimum Gasteiger partial charge on any atom is -0.454 e. The first-order valence-electron chi connectivity index (χ1n) is 8.82. The molecular formula is C21H24BrNO2. The first-order valence-corrected chi connectivity index (χ1v) is 9.73. The predicted octanol–water partition coefficient (Wildman–Crippen LogP) is 5.16. The molecule has 1 atom stereocenters. The standard InChI is InChI=1S/C21H24BrNO2/c1-21(2,3)16-6-4-14(5-7-16)12-23-9-8-15-10-18-19(25-13-24-18)11-17(15)20(23)22/h4-7,10-11,20H,8-9,12-13H2,1-3H3. The lowest BCUT2D eigenvalue weighted by molar-refractivity contribution is 0.174. The second kappa shape index (κ2) is 6.33. The van der Waals surface area contributed by atoms with Crippen molar-refractivity contribution in [3.63, 3.8) is 0 Å². The highest BCUT2D eigenvalue weighted by Crippen LogP contribution is 2.42. The molecule has 0 amide bonds. The second-order valence-corrected chi connectivity index (χ2v) is 8.77. The molecule has 0 saturated carbocycles. The van der Waals surface area contributed by atoms with Gasteiger partial charge in [0.05, 0.1) is 4.95 Å². The summed E-state index contributed by atoms with van der Waals surface area (Å²) in [6.45, 7) is 9.06. The summed E-state index contributed by atoms with van der Waals surface area (Å²) in [5.41, 5.74) is 5.57. The van der Waals surface area contributed by atoms with Gasteiger partial charge in [-0.2, -0.15) is 0 Å². The molecule has 0 fully saturated rings. The molecule has 0 saturated heterocycles. The van der Waals surface area contributed by atoms with Crippen LogP contribution in [0.1, 0.15) is 48.0 Å². The van der Waals surface area contributed by atoms with Gasteiger partial charge in [0.2, 0.25) is 6.79 Å². The third kappa shape index (κ3) is 3.30. The first kappa shape index (κ1) is 16.9. The molecular weight excluding hydrogens is 378 g/mol. The van der Waals surface area contributed by atoms with Crippen LogP contribution >= 0.6 is 15.9 Å². The van der Waals surface area contributed by atoms with Crippen molar-refractivity contribution in [3.8, 4) is 11.5 Å². The van der Waals surface area contributed by atoms with Crippen LogP contribution in [0.3, 0.4) is 0 Å². The van der Waals surface area contributed by atoms with Crippen LogP contribution < -0.4 is 9.47 Å². The lowest BCUT2D eigenvalue weighted by atomic mass is 9.86. The summed E-state index contributed by atoms with van der Waals surface area (Å²) in [5, 5.41) is 0. The summed E-state index contributed by atoms with van der Waals surface area (Å²) >= 11 is 3.90. The van der Waals surface area contributed by atoms with E-state index in [1.807, 2.05) is 0 Å². The van der Waals surface area contributed by atoms with Gasteiger partial charge in [-0.05, 0) is 46.2 Å². The van der Waals surface area contributed by atoms with Gasteiger partial charge in [0.1, 0.15) is 0 Å². The van der Waals surface area contributed by atoms with Gasteiger partial charge in [0.25, 0.3) is 0 Å². The van der Waals surface area contributed by atoms with E-state index in [2.05, 4.69) is 78.0 Å². The van der Waals surface area contributed by atoms with Crippen molar-refractivity contribution in [2.24, 2.45) is 0 Å². The molecule has 3 nitrogen and oxygen atoms in total. The van der Waals surface area contributed by atoms with Crippen molar-refractivity contribution in [1.29, 1.82) is 0 Å². The minimum atomic E-state index is 0.197. The molecule has 0 N–H and O–H groups in total. The Kier molecular flexibility index (Phi) is 4.28. The van der Waals surface area contributed by atoms with Crippen LogP contribution in [0.25, 0.3) is 0 Å². The maximum Gasteiger partial charge on any atom is 0.231 e. The van der Waals surface area contributed by atoms with Crippen LogP contribution in [-0.2, 0) is 18.4 Å². The molecule has 2 aromatic rings. The van der Waals surface area contributed by atoms with E-state index in [0.717, 1.165) is 31.0 Å². The summed E-state index contributed by atoms with van der Waals surface area (Å²) in [6.07, 6.45) is 1.04. The number of nitrogens with zero attached hydrogens (tertiary/aromatic N) is 1. The van der Waals surface area contributed by atoms with Gasteiger partial charge in [-0.25, -0.2) is 0 Å². The van der Waals surface area contributed by atoms with Gasteiger partial charge in [-0.3, -0.25) is 4.90 Å². The zero-order valence-corrected chi connectivity index (χ0v) is 16.6. The van der Waals surface area contributed by atoms with Crippen molar-refractivity contribution >= 4 is 15.9 Å². The second-order valence-electron chi connectivity index (χ2n) is 7.91. The highest BCUT2D eigenvalue weighted by Gasteiger charge is 2.28. The molecule has 4 heteroatoms. The van der Waals surface area contributed by atoms with Gasteiger partial charge < -0.3 is 9.47 Å². The van der Waals surface area contributed by atoms with Crippen LogP contribution in [-0.4, -0.2) is 18.2 Å². The molecule has 0 aromatic heterocycles. The van der Waals surface area contributed by atoms with Gasteiger partial charge in [0, 0.05) is 13.1 Å². The molecule has 2 aromatic carbocycles. The Bertz CT molecular complexity index is 780. The van der Waals surface area contributed by atoms with E-state index in [4.69, 9.17) is 9.47 Å². The molecule has 25 heavy (non-hydrogen) atoms. The third-order valence-electron chi connectivity index (χ3n) is 5.09. The zero-order valence-electron chi connectivity index (χ0n) is 15.0. The number of rotatable bonds is 2. The Balaban J connectivity index is 1.53. The smallest absolute Gasteiger partial charge is 0.231 e. The van der Waals surface area contributed by atoms with E-state index in [9.17, 15) is 0 Å². The van der Waals surface area contributed by atoms with Crippen LogP contribution in [0.5, 0.6) is 11.5 Å². The van der Waals surface area contributed by atoms with Gasteiger partial charge in [-0.15, -0.1) is 0 Å². The fourth-order valence-corrected chi connectivity index (χ4v) is 4.29. The normalized spacial score (nSPS) is 19.8. The Hall–Kier alpha value is -1.52. The number of hydrogen-bond donors (Lipinski definition) is 0. The first-order chi connectivity index (χ1) is 11.9. The number of halogens is 1. The van der Waals surface area contributed by atoms with E-state index >= 15 is 0 Å². The van der Waals surface area contributed by atoms with Crippen LogP contribution in [0.2, 0.25) is 0 Å². The Morgan fingerprint density at radius 3 is 2.44 bits per heavy atom. The number of alkyl halides is 1. The number of fused-ring (bicyclic) bond motifs is 2. The molecule has 132 valence electrons. The molecule has 0 bridgehead atoms. The van der Waals surface area contributed by atoms with Crippen LogP contribution in [0, 0.1) is 0 Å². The van der Waals surface area contributed by atoms with Crippen molar-refractivity contribution in [1.82, 2.24) is 4.90 Å². The maximum atomic E-state index is 5.55. The predicted molar refractivity (Wildman–Crippen MR) is 103 cm³/mol. The van der Waals surface area contributed by atoms with Crippen molar-refractivity contribution in [2.75, 3.05) is 13.3 Å². The van der Waals surface area contributed by atoms with Gasteiger partial charge in [0.15, 0.2) is 11.5 Å². The molecule has 1 unspecified atom stereocenters. The lowest BCUT2D eigenvalue weighted by Crippen LogP contribution is -2.32. The SMILES string of the molecule is CC(C)(C)c1ccc(CN2CCc3cc4c(cc3C2Br)OCO4)cc1. The molecule has 0 aliphatic carbocycles.